The van der Waals surface area contributed by atoms with Gasteiger partial charge >= 0.3 is 33.3 Å². The van der Waals surface area contributed by atoms with E-state index >= 15 is 0 Å². The molecule has 7 atom stereocenters. The number of nitrogen functional groups attached to an aromatic ring is 1. The lowest BCUT2D eigenvalue weighted by Gasteiger charge is -2.21. The van der Waals surface area contributed by atoms with E-state index in [1.807, 2.05) is 12.2 Å². The number of nitrogens with two attached hydrogens (primary N) is 1. The highest BCUT2D eigenvalue weighted by Gasteiger charge is 2.46. The first kappa shape index (κ1) is 59.5. The first-order valence-corrected chi connectivity index (χ1v) is 26.5. The predicted molar refractivity (Wildman–Crippen MR) is 252 cm³/mol. The summed E-state index contributed by atoms with van der Waals surface area (Å²) in [6, 6.07) is 1.23. The van der Waals surface area contributed by atoms with Crippen LogP contribution in [0, 0.1) is 5.92 Å². The lowest BCUT2D eigenvalue weighted by molar-refractivity contribution is -0.161. The second-order valence-electron chi connectivity index (χ2n) is 16.8. The number of hydrogen-bond donors (Lipinski definition) is 5. The molecule has 0 aromatic carbocycles. The van der Waals surface area contributed by atoms with E-state index in [1.165, 1.54) is 57.1 Å². The fraction of sp³-hybridized carbons (Fsp3) is 0.674. The number of aromatic nitrogens is 2. The number of ketones is 1. The highest BCUT2D eigenvalue weighted by Crippen LogP contribution is 2.60. The van der Waals surface area contributed by atoms with Gasteiger partial charge in [0.2, 0.25) is 0 Å². The molecule has 1 aromatic rings. The Hall–Kier alpha value is -3.61. The quantitative estimate of drug-likeness (QED) is 0.0105. The van der Waals surface area contributed by atoms with Gasteiger partial charge in [-0.1, -0.05) is 128 Å². The predicted octanol–water partition coefficient (Wildman–Crippen LogP) is 8.03. The maximum absolute atomic E-state index is 12.8. The van der Waals surface area contributed by atoms with Crippen molar-refractivity contribution >= 4 is 39.2 Å². The summed E-state index contributed by atoms with van der Waals surface area (Å²) in [7, 11) is -10.9. The minimum absolute atomic E-state index is 0.0172. The van der Waals surface area contributed by atoms with Crippen LogP contribution in [0.1, 0.15) is 149 Å². The molecule has 67 heavy (non-hydrogen) atoms. The van der Waals surface area contributed by atoms with Crippen LogP contribution in [0.2, 0.25) is 0 Å². The smallest absolute Gasteiger partial charge is 0.462 e. The van der Waals surface area contributed by atoms with Gasteiger partial charge in [-0.05, 0) is 56.6 Å². The third-order valence-corrected chi connectivity index (χ3v) is 12.9. The molecule has 1 aromatic heterocycles. The van der Waals surface area contributed by atoms with E-state index in [0.29, 0.717) is 18.8 Å². The molecule has 0 aliphatic carbocycles. The van der Waals surface area contributed by atoms with E-state index in [0.717, 1.165) is 49.3 Å². The summed E-state index contributed by atoms with van der Waals surface area (Å²) in [6.07, 6.45) is 23.9. The number of phosphoric ester groups is 2. The monoisotopic (exact) mass is 987 g/mol. The maximum atomic E-state index is 12.8. The molecule has 19 nitrogen and oxygen atoms in total. The fourth-order valence-corrected chi connectivity index (χ4v) is 8.74. The number of carbonyl (C=O) groups excluding carboxylic acids is 3. The molecule has 2 rings (SSSR count). The Morgan fingerprint density at radius 1 is 0.806 bits per heavy atom. The molecule has 21 heteroatoms. The van der Waals surface area contributed by atoms with Crippen LogP contribution in [0.15, 0.2) is 65.7 Å². The Kier molecular flexibility index (Phi) is 30.0. The largest absolute Gasteiger partial charge is 0.481 e. The minimum atomic E-state index is -5.48. The zero-order valence-electron chi connectivity index (χ0n) is 39.3. The molecule has 2 unspecified atom stereocenters. The van der Waals surface area contributed by atoms with Crippen LogP contribution in [-0.2, 0) is 51.1 Å². The topological polar surface area (TPSA) is 283 Å². The van der Waals surface area contributed by atoms with Crippen LogP contribution < -0.4 is 11.4 Å². The van der Waals surface area contributed by atoms with Gasteiger partial charge in [-0.2, -0.15) is 9.29 Å². The van der Waals surface area contributed by atoms with Crippen LogP contribution >= 0.6 is 15.6 Å². The van der Waals surface area contributed by atoms with Crippen LogP contribution in [0.4, 0.5) is 5.82 Å². The van der Waals surface area contributed by atoms with Crippen molar-refractivity contribution in [2.24, 2.45) is 5.92 Å². The van der Waals surface area contributed by atoms with Crippen LogP contribution in [-0.4, -0.2) is 91.5 Å². The van der Waals surface area contributed by atoms with E-state index < -0.39 is 83.7 Å². The molecule has 1 fully saturated rings. The van der Waals surface area contributed by atoms with Crippen LogP contribution in [0.3, 0.4) is 0 Å². The zero-order valence-corrected chi connectivity index (χ0v) is 41.1. The van der Waals surface area contributed by atoms with E-state index in [9.17, 15) is 48.3 Å². The first-order valence-electron chi connectivity index (χ1n) is 23.5. The van der Waals surface area contributed by atoms with Gasteiger partial charge in [0.15, 0.2) is 18.1 Å². The molecule has 380 valence electrons. The van der Waals surface area contributed by atoms with Crippen molar-refractivity contribution in [2.45, 2.75) is 173 Å². The van der Waals surface area contributed by atoms with E-state index in [1.54, 1.807) is 12.2 Å². The molecule has 6 N–H and O–H groups in total. The van der Waals surface area contributed by atoms with Crippen molar-refractivity contribution in [3.63, 3.8) is 0 Å². The van der Waals surface area contributed by atoms with Gasteiger partial charge < -0.3 is 39.9 Å². The van der Waals surface area contributed by atoms with Gasteiger partial charge in [0, 0.05) is 25.5 Å². The average molecular weight is 988 g/mol. The van der Waals surface area contributed by atoms with E-state index in [2.05, 4.69) is 48.3 Å². The number of phosphoric acid groups is 2. The Bertz CT molecular complexity index is 1890. The third-order valence-electron chi connectivity index (χ3n) is 10.3. The fourth-order valence-electron chi connectivity index (χ4n) is 6.63. The van der Waals surface area contributed by atoms with Crippen LogP contribution in [0.5, 0.6) is 0 Å². The van der Waals surface area contributed by atoms with Gasteiger partial charge in [-0.15, -0.1) is 0 Å². The lowest BCUT2D eigenvalue weighted by atomic mass is 10.0. The first-order chi connectivity index (χ1) is 31.9. The minimum Gasteiger partial charge on any atom is -0.462 e. The molecule has 0 bridgehead atoms. The Morgan fingerprint density at radius 3 is 2.13 bits per heavy atom. The molecular weight excluding hydrogens is 912 g/mol. The Morgan fingerprint density at radius 2 is 1.45 bits per heavy atom. The van der Waals surface area contributed by atoms with Crippen molar-refractivity contribution in [1.29, 1.82) is 0 Å². The van der Waals surface area contributed by atoms with Gasteiger partial charge in [0.05, 0.1) is 13.2 Å². The summed E-state index contributed by atoms with van der Waals surface area (Å²) in [5, 5.41) is 20.9. The number of allylic oxidation sites excluding steroid dienone is 8. The molecule has 1 saturated heterocycles. The standard InChI is InChI=1S/C46H75N3O16P2/c1-4-5-6-7-8-9-10-11-12-13-17-20-23-27-37(50)28-25-30-42(52)63-38(33-60-41(51)29-24-21-18-15-14-16-19-22-26-36(2)3)34-61-66(56,57)65-67(58,59)62-35-39-43(53)44(54)45(64-39)49-32-31-40(47)48-46(49)55/h8-9,11-12,17,20,23,27,31-32,36,38-39,43-45,53-54H,4-7,10,13-16,18-19,21-22,24-26,28-30,33-35H2,1-3H3,(H,56,57)(H,58,59)(H2,47,48,55)/b9-8-,12-11-,20-17-,27-23+/t38-,39-,43-,44-,45-/m1/s1. The summed E-state index contributed by atoms with van der Waals surface area (Å²) in [5.41, 5.74) is 4.56. The van der Waals surface area contributed by atoms with Gasteiger partial charge in [0.1, 0.15) is 30.7 Å². The second kappa shape index (κ2) is 33.8. The van der Waals surface area contributed by atoms with Crippen molar-refractivity contribution in [2.75, 3.05) is 25.6 Å². The SMILES string of the molecule is CCCCC/C=C\C/C=C\C/C=C\C=C\C(=O)CCCC(=O)O[C@H](COC(=O)CCCCCCCCCCC(C)C)COP(=O)(O)OP(=O)(O)OC[C@H]1O[C@@H](n2ccc(N)nc2=O)[C@H](O)[C@@H]1O. The maximum Gasteiger partial charge on any atom is 0.481 e. The normalized spacial score (nSPS) is 20.0. The van der Waals surface area contributed by atoms with Crippen molar-refractivity contribution in [1.82, 2.24) is 9.55 Å². The number of hydrogen-bond acceptors (Lipinski definition) is 16. The Labute approximate surface area is 395 Å². The zero-order chi connectivity index (χ0) is 49.5. The summed E-state index contributed by atoms with van der Waals surface area (Å²) < 4.78 is 56.3. The molecule has 0 radical (unpaired) electrons. The van der Waals surface area contributed by atoms with Gasteiger partial charge in [0.25, 0.3) is 0 Å². The summed E-state index contributed by atoms with van der Waals surface area (Å²) >= 11 is 0. The molecule has 1 aliphatic heterocycles. The number of carbonyl (C=O) groups is 3. The number of rotatable bonds is 37. The van der Waals surface area contributed by atoms with E-state index in [4.69, 9.17) is 29.0 Å². The molecule has 0 saturated carbocycles. The number of unbranched alkanes of at least 4 members (excludes halogenated alkanes) is 10. The highest BCUT2D eigenvalue weighted by molar-refractivity contribution is 7.61. The number of anilines is 1. The van der Waals surface area contributed by atoms with Gasteiger partial charge in [-0.3, -0.25) is 28.0 Å². The number of esters is 2. The number of aliphatic hydroxyl groups is 2. The molecule has 0 spiro atoms. The van der Waals surface area contributed by atoms with Crippen molar-refractivity contribution in [3.8, 4) is 0 Å². The number of nitrogens with zero attached hydrogens (tertiary/aromatic N) is 2. The number of aliphatic hydroxyl groups excluding tert-OH is 2. The van der Waals surface area contributed by atoms with Crippen LogP contribution in [0.25, 0.3) is 0 Å². The number of ether oxygens (including phenoxy) is 3. The average Bonchev–Trinajstić information content (AvgIpc) is 3.54. The van der Waals surface area contributed by atoms with Crippen molar-refractivity contribution in [3.05, 3.63) is 71.4 Å². The summed E-state index contributed by atoms with van der Waals surface area (Å²) in [4.78, 5) is 74.0. The molecular formula is C46H75N3O16P2. The summed E-state index contributed by atoms with van der Waals surface area (Å²) in [5.74, 6) is -1.10. The highest BCUT2D eigenvalue weighted by atomic mass is 31.3. The molecule has 0 amide bonds. The van der Waals surface area contributed by atoms with Gasteiger partial charge in [-0.25, -0.2) is 13.9 Å². The van der Waals surface area contributed by atoms with E-state index in [-0.39, 0.29) is 37.3 Å². The molecule has 2 heterocycles. The summed E-state index contributed by atoms with van der Waals surface area (Å²) in [6.45, 7) is 4.10. The molecule has 1 aliphatic rings. The third kappa shape index (κ3) is 27.8. The van der Waals surface area contributed by atoms with Crippen molar-refractivity contribution < 1.29 is 71.1 Å². The lowest BCUT2D eigenvalue weighted by Crippen LogP contribution is -2.36. The Balaban J connectivity index is 1.89. The second-order valence-corrected chi connectivity index (χ2v) is 19.8.